The van der Waals surface area contributed by atoms with E-state index in [4.69, 9.17) is 5.26 Å². The van der Waals surface area contributed by atoms with E-state index in [1.165, 1.54) is 70.6 Å². The van der Waals surface area contributed by atoms with Gasteiger partial charge in [0.05, 0.1) is 5.92 Å². The summed E-state index contributed by atoms with van der Waals surface area (Å²) < 4.78 is 0. The molecule has 0 saturated carbocycles. The van der Waals surface area contributed by atoms with Crippen molar-refractivity contribution in [1.29, 1.82) is 0 Å². The molecule has 0 aromatic rings. The van der Waals surface area contributed by atoms with Gasteiger partial charge in [0.2, 0.25) is 0 Å². The largest absolute Gasteiger partial charge is 0.345 e. The van der Waals surface area contributed by atoms with Crippen LogP contribution in [-0.2, 0) is 9.68 Å². The lowest BCUT2D eigenvalue weighted by Crippen LogP contribution is -2.15. The Labute approximate surface area is 131 Å². The minimum Gasteiger partial charge on any atom is -0.301 e. The highest BCUT2D eigenvalue weighted by molar-refractivity contribution is 5.71. The van der Waals surface area contributed by atoms with Crippen LogP contribution in [0.4, 0.5) is 0 Å². The van der Waals surface area contributed by atoms with Crippen molar-refractivity contribution >= 4 is 5.97 Å². The van der Waals surface area contributed by atoms with Gasteiger partial charge in [0.25, 0.3) is 0 Å². The van der Waals surface area contributed by atoms with Crippen LogP contribution in [0.3, 0.4) is 0 Å². The number of unbranched alkanes of at least 4 members (excludes halogenated alkanes) is 11. The molecule has 3 nitrogen and oxygen atoms in total. The first-order chi connectivity index (χ1) is 10.3. The number of carbonyl (C=O) groups is 1. The maximum atomic E-state index is 11.2. The third-order valence-corrected chi connectivity index (χ3v) is 4.32. The topological polar surface area (TPSA) is 46.5 Å². The first-order valence-electron chi connectivity index (χ1n) is 9.11. The summed E-state index contributed by atoms with van der Waals surface area (Å²) in [6.45, 7) is 4.22. The van der Waals surface area contributed by atoms with Crippen molar-refractivity contribution in [3.05, 3.63) is 0 Å². The van der Waals surface area contributed by atoms with Crippen molar-refractivity contribution < 1.29 is 14.9 Å². The second kappa shape index (κ2) is 15.8. The molecule has 0 aromatic heterocycles. The molecule has 0 bridgehead atoms. The summed E-state index contributed by atoms with van der Waals surface area (Å²) in [5, 5.41) is 8.38. The number of carbonyl (C=O) groups excluding carboxylic acids is 1. The zero-order valence-corrected chi connectivity index (χ0v) is 14.2. The van der Waals surface area contributed by atoms with Crippen molar-refractivity contribution in [3.63, 3.8) is 0 Å². The molecule has 0 aliphatic rings. The van der Waals surface area contributed by atoms with E-state index in [2.05, 4.69) is 11.8 Å². The van der Waals surface area contributed by atoms with Crippen molar-refractivity contribution in [1.82, 2.24) is 0 Å². The van der Waals surface area contributed by atoms with Gasteiger partial charge in [0.15, 0.2) is 0 Å². The smallest absolute Gasteiger partial charge is 0.301 e. The lowest BCUT2D eigenvalue weighted by Gasteiger charge is -2.10. The van der Waals surface area contributed by atoms with Gasteiger partial charge in [-0.15, -0.1) is 0 Å². The Morgan fingerprint density at radius 2 is 1.24 bits per heavy atom. The lowest BCUT2D eigenvalue weighted by atomic mass is 9.98. The molecule has 0 aromatic carbocycles. The third kappa shape index (κ3) is 12.9. The van der Waals surface area contributed by atoms with E-state index in [0.29, 0.717) is 0 Å². The van der Waals surface area contributed by atoms with Crippen LogP contribution < -0.4 is 0 Å². The Kier molecular flexibility index (Phi) is 15.4. The molecule has 1 atom stereocenters. The predicted octanol–water partition coefficient (Wildman–Crippen LogP) is 6.12. The fourth-order valence-electron chi connectivity index (χ4n) is 2.79. The summed E-state index contributed by atoms with van der Waals surface area (Å²) in [5.41, 5.74) is 0. The van der Waals surface area contributed by atoms with Gasteiger partial charge in [-0.3, -0.25) is 0 Å². The average Bonchev–Trinajstić information content (AvgIpc) is 2.51. The summed E-state index contributed by atoms with van der Waals surface area (Å²) in [4.78, 5) is 15.0. The lowest BCUT2D eigenvalue weighted by molar-refractivity contribution is -0.239. The predicted molar refractivity (Wildman–Crippen MR) is 88.2 cm³/mol. The minimum absolute atomic E-state index is 0.127. The average molecular weight is 300 g/mol. The van der Waals surface area contributed by atoms with Gasteiger partial charge < -0.3 is 4.89 Å². The van der Waals surface area contributed by atoms with Gasteiger partial charge in [0, 0.05) is 0 Å². The molecule has 0 aliphatic heterocycles. The highest BCUT2D eigenvalue weighted by Gasteiger charge is 2.17. The van der Waals surface area contributed by atoms with Crippen molar-refractivity contribution in [3.8, 4) is 0 Å². The molecule has 0 amide bonds. The quantitative estimate of drug-likeness (QED) is 0.225. The van der Waals surface area contributed by atoms with E-state index in [0.717, 1.165) is 19.3 Å². The van der Waals surface area contributed by atoms with E-state index in [-0.39, 0.29) is 5.92 Å². The van der Waals surface area contributed by atoms with Crippen LogP contribution in [0.5, 0.6) is 0 Å². The van der Waals surface area contributed by atoms with E-state index >= 15 is 0 Å². The van der Waals surface area contributed by atoms with Gasteiger partial charge in [0.1, 0.15) is 0 Å². The van der Waals surface area contributed by atoms with Crippen molar-refractivity contribution in [2.75, 3.05) is 0 Å². The van der Waals surface area contributed by atoms with Crippen LogP contribution in [0.25, 0.3) is 0 Å². The zero-order valence-electron chi connectivity index (χ0n) is 14.2. The third-order valence-electron chi connectivity index (χ3n) is 4.32. The van der Waals surface area contributed by atoms with Gasteiger partial charge in [-0.05, 0) is 12.8 Å². The van der Waals surface area contributed by atoms with Crippen molar-refractivity contribution in [2.45, 2.75) is 104 Å². The number of hydrogen-bond acceptors (Lipinski definition) is 3. The molecule has 0 fully saturated rings. The normalized spacial score (nSPS) is 12.3. The molecular weight excluding hydrogens is 264 g/mol. The number of hydrogen-bond donors (Lipinski definition) is 1. The van der Waals surface area contributed by atoms with E-state index in [9.17, 15) is 4.79 Å². The van der Waals surface area contributed by atoms with E-state index in [1.807, 2.05) is 6.92 Å². The Balaban J connectivity index is 3.23. The van der Waals surface area contributed by atoms with Crippen LogP contribution in [0, 0.1) is 5.92 Å². The SMILES string of the molecule is CCCCCCCCCCCCCCC(CC)C(=O)OO. The number of rotatable bonds is 15. The molecule has 0 rings (SSSR count). The molecule has 0 radical (unpaired) electrons. The summed E-state index contributed by atoms with van der Waals surface area (Å²) >= 11 is 0. The highest BCUT2D eigenvalue weighted by Crippen LogP contribution is 2.17. The van der Waals surface area contributed by atoms with Crippen LogP contribution in [-0.4, -0.2) is 11.2 Å². The molecule has 1 unspecified atom stereocenters. The fourth-order valence-corrected chi connectivity index (χ4v) is 2.79. The van der Waals surface area contributed by atoms with Gasteiger partial charge in [-0.25, -0.2) is 4.79 Å². The molecule has 0 spiro atoms. The monoisotopic (exact) mass is 300 g/mol. The first kappa shape index (κ1) is 20.4. The molecule has 0 saturated heterocycles. The second-order valence-corrected chi connectivity index (χ2v) is 6.19. The van der Waals surface area contributed by atoms with Crippen LogP contribution >= 0.6 is 0 Å². The van der Waals surface area contributed by atoms with E-state index in [1.54, 1.807) is 0 Å². The van der Waals surface area contributed by atoms with Crippen LogP contribution in [0.15, 0.2) is 0 Å². The van der Waals surface area contributed by atoms with Gasteiger partial charge in [-0.2, -0.15) is 5.26 Å². The van der Waals surface area contributed by atoms with Crippen LogP contribution in [0.2, 0.25) is 0 Å². The minimum atomic E-state index is -0.472. The standard InChI is InChI=1S/C18H36O3/c1-3-5-6-7-8-9-10-11-12-13-14-15-16-17(4-2)18(19)21-20/h17,20H,3-16H2,1-2H3. The Morgan fingerprint density at radius 3 is 1.62 bits per heavy atom. The zero-order chi connectivity index (χ0) is 15.8. The highest BCUT2D eigenvalue weighted by atomic mass is 17.1. The Bertz CT molecular complexity index is 229. The summed E-state index contributed by atoms with van der Waals surface area (Å²) in [6.07, 6.45) is 17.5. The Morgan fingerprint density at radius 1 is 0.810 bits per heavy atom. The molecule has 21 heavy (non-hydrogen) atoms. The fraction of sp³-hybridized carbons (Fsp3) is 0.944. The summed E-state index contributed by atoms with van der Waals surface area (Å²) in [6, 6.07) is 0. The van der Waals surface area contributed by atoms with Gasteiger partial charge in [-0.1, -0.05) is 90.9 Å². The van der Waals surface area contributed by atoms with Crippen molar-refractivity contribution in [2.24, 2.45) is 5.92 Å². The second-order valence-electron chi connectivity index (χ2n) is 6.19. The maximum absolute atomic E-state index is 11.2. The van der Waals surface area contributed by atoms with Crippen LogP contribution in [0.1, 0.15) is 104 Å². The first-order valence-corrected chi connectivity index (χ1v) is 9.11. The maximum Gasteiger partial charge on any atom is 0.345 e. The molecule has 3 heteroatoms. The molecule has 1 N–H and O–H groups in total. The molecule has 0 heterocycles. The molecule has 0 aliphatic carbocycles. The Hall–Kier alpha value is -0.570. The van der Waals surface area contributed by atoms with Gasteiger partial charge >= 0.3 is 5.97 Å². The summed E-state index contributed by atoms with van der Waals surface area (Å²) in [7, 11) is 0. The molecular formula is C18H36O3. The van der Waals surface area contributed by atoms with E-state index < -0.39 is 5.97 Å². The molecule has 126 valence electrons. The summed E-state index contributed by atoms with van der Waals surface area (Å²) in [5.74, 6) is -0.598.